The van der Waals surface area contributed by atoms with Crippen LogP contribution in [0, 0.1) is 12.3 Å². The molecular formula is C14H20N2O3. The van der Waals surface area contributed by atoms with Crippen molar-refractivity contribution in [3.8, 4) is 0 Å². The van der Waals surface area contributed by atoms with Crippen LogP contribution in [-0.2, 0) is 16.1 Å². The largest absolute Gasteiger partial charge is 0.481 e. The molecule has 0 radical (unpaired) electrons. The molecule has 0 aromatic carbocycles. The molecule has 1 heterocycles. The van der Waals surface area contributed by atoms with Crippen molar-refractivity contribution < 1.29 is 14.7 Å². The van der Waals surface area contributed by atoms with E-state index in [4.69, 9.17) is 5.11 Å². The van der Waals surface area contributed by atoms with Crippen molar-refractivity contribution in [1.29, 1.82) is 0 Å². The molecule has 0 saturated heterocycles. The number of carbonyl (C=O) groups is 2. The summed E-state index contributed by atoms with van der Waals surface area (Å²) in [6.45, 7) is 5.37. The number of hydrogen-bond donors (Lipinski definition) is 1. The number of aliphatic carboxylic acids is 1. The third-order valence-corrected chi connectivity index (χ3v) is 2.94. The van der Waals surface area contributed by atoms with Gasteiger partial charge in [-0.1, -0.05) is 6.07 Å². The van der Waals surface area contributed by atoms with Gasteiger partial charge < -0.3 is 10.0 Å². The Morgan fingerprint density at radius 1 is 1.37 bits per heavy atom. The number of pyridine rings is 1. The molecule has 0 aliphatic rings. The van der Waals surface area contributed by atoms with Gasteiger partial charge in [0.1, 0.15) is 0 Å². The normalized spacial score (nSPS) is 11.2. The van der Waals surface area contributed by atoms with Crippen LogP contribution in [0.2, 0.25) is 0 Å². The van der Waals surface area contributed by atoms with E-state index in [1.807, 2.05) is 25.1 Å². The summed E-state index contributed by atoms with van der Waals surface area (Å²) in [5.74, 6) is -1.17. The van der Waals surface area contributed by atoms with Crippen LogP contribution in [0.1, 0.15) is 31.7 Å². The van der Waals surface area contributed by atoms with E-state index in [2.05, 4.69) is 4.98 Å². The molecule has 104 valence electrons. The SMILES string of the molecule is Cc1cccc(CN(C)C(=O)CC(C)(C)C(=O)O)n1. The van der Waals surface area contributed by atoms with E-state index in [-0.39, 0.29) is 12.3 Å². The summed E-state index contributed by atoms with van der Waals surface area (Å²) >= 11 is 0. The monoisotopic (exact) mass is 264 g/mol. The minimum Gasteiger partial charge on any atom is -0.481 e. The lowest BCUT2D eigenvalue weighted by atomic mass is 9.89. The van der Waals surface area contributed by atoms with Gasteiger partial charge in [0, 0.05) is 19.2 Å². The molecule has 1 N–H and O–H groups in total. The second kappa shape index (κ2) is 5.82. The lowest BCUT2D eigenvalue weighted by Crippen LogP contribution is -2.34. The van der Waals surface area contributed by atoms with Gasteiger partial charge in [0.2, 0.25) is 5.91 Å². The van der Waals surface area contributed by atoms with Gasteiger partial charge in [0.25, 0.3) is 0 Å². The Morgan fingerprint density at radius 2 is 2.00 bits per heavy atom. The summed E-state index contributed by atoms with van der Waals surface area (Å²) in [5, 5.41) is 9.01. The Morgan fingerprint density at radius 3 is 2.53 bits per heavy atom. The van der Waals surface area contributed by atoms with Crippen LogP contribution in [-0.4, -0.2) is 33.9 Å². The van der Waals surface area contributed by atoms with Gasteiger partial charge in [-0.05, 0) is 32.9 Å². The van der Waals surface area contributed by atoms with E-state index in [1.54, 1.807) is 20.9 Å². The van der Waals surface area contributed by atoms with E-state index < -0.39 is 11.4 Å². The fourth-order valence-electron chi connectivity index (χ4n) is 1.61. The first kappa shape index (κ1) is 15.1. The maximum Gasteiger partial charge on any atom is 0.309 e. The smallest absolute Gasteiger partial charge is 0.309 e. The van der Waals surface area contributed by atoms with Crippen molar-refractivity contribution in [2.75, 3.05) is 7.05 Å². The quantitative estimate of drug-likeness (QED) is 0.881. The van der Waals surface area contributed by atoms with Gasteiger partial charge in [0.05, 0.1) is 17.7 Å². The van der Waals surface area contributed by atoms with Gasteiger partial charge in [-0.3, -0.25) is 14.6 Å². The Bertz CT molecular complexity index is 483. The average Bonchev–Trinajstić information content (AvgIpc) is 2.28. The second-order valence-corrected chi connectivity index (χ2v) is 5.39. The molecular weight excluding hydrogens is 244 g/mol. The van der Waals surface area contributed by atoms with Crippen molar-refractivity contribution in [3.63, 3.8) is 0 Å². The van der Waals surface area contributed by atoms with Gasteiger partial charge >= 0.3 is 5.97 Å². The van der Waals surface area contributed by atoms with Crippen molar-refractivity contribution in [3.05, 3.63) is 29.6 Å². The summed E-state index contributed by atoms with van der Waals surface area (Å²) in [6.07, 6.45) is -0.0232. The zero-order valence-electron chi connectivity index (χ0n) is 11.8. The number of carbonyl (C=O) groups excluding carboxylic acids is 1. The molecule has 19 heavy (non-hydrogen) atoms. The van der Waals surface area contributed by atoms with Gasteiger partial charge in [-0.2, -0.15) is 0 Å². The predicted molar refractivity (Wildman–Crippen MR) is 71.5 cm³/mol. The Labute approximate surface area is 113 Å². The average molecular weight is 264 g/mol. The van der Waals surface area contributed by atoms with Crippen LogP contribution < -0.4 is 0 Å². The highest BCUT2D eigenvalue weighted by Gasteiger charge is 2.31. The standard InChI is InChI=1S/C14H20N2O3/c1-10-6-5-7-11(15-10)9-16(4)12(17)8-14(2,3)13(18)19/h5-7H,8-9H2,1-4H3,(H,18,19). The number of aromatic nitrogens is 1. The molecule has 0 aliphatic heterocycles. The van der Waals surface area contributed by atoms with Gasteiger partial charge in [-0.15, -0.1) is 0 Å². The molecule has 0 fully saturated rings. The number of carboxylic acid groups (broad SMARTS) is 1. The number of hydrogen-bond acceptors (Lipinski definition) is 3. The van der Waals surface area contributed by atoms with E-state index in [9.17, 15) is 9.59 Å². The first-order chi connectivity index (χ1) is 8.72. The number of carboxylic acids is 1. The van der Waals surface area contributed by atoms with Crippen molar-refractivity contribution in [2.24, 2.45) is 5.41 Å². The van der Waals surface area contributed by atoms with E-state index in [0.717, 1.165) is 11.4 Å². The zero-order chi connectivity index (χ0) is 14.6. The van der Waals surface area contributed by atoms with Crippen LogP contribution >= 0.6 is 0 Å². The van der Waals surface area contributed by atoms with Crippen molar-refractivity contribution in [1.82, 2.24) is 9.88 Å². The summed E-state index contributed by atoms with van der Waals surface area (Å²) in [7, 11) is 1.66. The second-order valence-electron chi connectivity index (χ2n) is 5.39. The molecule has 0 saturated carbocycles. The lowest BCUT2D eigenvalue weighted by molar-refractivity contribution is -0.151. The summed E-state index contributed by atoms with van der Waals surface area (Å²) in [6, 6.07) is 5.62. The molecule has 1 amide bonds. The molecule has 0 unspecified atom stereocenters. The number of nitrogens with zero attached hydrogens (tertiary/aromatic N) is 2. The molecule has 5 nitrogen and oxygen atoms in total. The first-order valence-electron chi connectivity index (χ1n) is 6.12. The Kier molecular flexibility index (Phi) is 4.64. The highest BCUT2D eigenvalue weighted by molar-refractivity contribution is 5.84. The predicted octanol–water partition coefficient (Wildman–Crippen LogP) is 1.85. The summed E-state index contributed by atoms with van der Waals surface area (Å²) in [4.78, 5) is 28.8. The van der Waals surface area contributed by atoms with Crippen molar-refractivity contribution >= 4 is 11.9 Å². The molecule has 1 rings (SSSR count). The van der Waals surface area contributed by atoms with Crippen LogP contribution in [0.3, 0.4) is 0 Å². The molecule has 5 heteroatoms. The molecule has 1 aromatic rings. The Balaban J connectivity index is 2.66. The van der Waals surface area contributed by atoms with E-state index in [0.29, 0.717) is 6.54 Å². The lowest BCUT2D eigenvalue weighted by Gasteiger charge is -2.23. The van der Waals surface area contributed by atoms with Crippen LogP contribution in [0.4, 0.5) is 0 Å². The fourth-order valence-corrected chi connectivity index (χ4v) is 1.61. The van der Waals surface area contributed by atoms with Gasteiger partial charge in [-0.25, -0.2) is 0 Å². The molecule has 0 spiro atoms. The summed E-state index contributed by atoms with van der Waals surface area (Å²) < 4.78 is 0. The summed E-state index contributed by atoms with van der Waals surface area (Å²) in [5.41, 5.74) is 0.638. The number of amides is 1. The zero-order valence-corrected chi connectivity index (χ0v) is 11.8. The number of rotatable bonds is 5. The van der Waals surface area contributed by atoms with Crippen LogP contribution in [0.5, 0.6) is 0 Å². The maximum absolute atomic E-state index is 12.0. The highest BCUT2D eigenvalue weighted by Crippen LogP contribution is 2.21. The topological polar surface area (TPSA) is 70.5 Å². The minimum atomic E-state index is -1.05. The molecule has 0 aliphatic carbocycles. The van der Waals surface area contributed by atoms with Crippen LogP contribution in [0.15, 0.2) is 18.2 Å². The third kappa shape index (κ3) is 4.35. The fraction of sp³-hybridized carbons (Fsp3) is 0.500. The van der Waals surface area contributed by atoms with E-state index in [1.165, 1.54) is 4.90 Å². The van der Waals surface area contributed by atoms with Crippen LogP contribution in [0.25, 0.3) is 0 Å². The maximum atomic E-state index is 12.0. The third-order valence-electron chi connectivity index (χ3n) is 2.94. The molecule has 0 bridgehead atoms. The molecule has 1 aromatic heterocycles. The Hall–Kier alpha value is -1.91. The highest BCUT2D eigenvalue weighted by atomic mass is 16.4. The first-order valence-corrected chi connectivity index (χ1v) is 6.12. The van der Waals surface area contributed by atoms with Gasteiger partial charge in [0.15, 0.2) is 0 Å². The minimum absolute atomic E-state index is 0.0232. The molecule has 0 atom stereocenters. The number of aryl methyl sites for hydroxylation is 1. The van der Waals surface area contributed by atoms with E-state index >= 15 is 0 Å². The van der Waals surface area contributed by atoms with Crippen molar-refractivity contribution in [2.45, 2.75) is 33.7 Å².